The molecule has 0 aliphatic rings. The highest BCUT2D eigenvalue weighted by molar-refractivity contribution is 7.07. The molecule has 0 aliphatic heterocycles. The standard InChI is InChI=1S/C12H22N2O3S/c1-10-6-18-11(17)14(10)5-4-13(3)7-12(2,8-15)9-16/h6,15-16H,4-5,7-9H2,1-3H3. The molecular formula is C12H22N2O3S. The Kier molecular flexibility index (Phi) is 5.52. The first-order chi connectivity index (χ1) is 8.41. The van der Waals surface area contributed by atoms with Crippen molar-refractivity contribution in [3.05, 3.63) is 20.7 Å². The van der Waals surface area contributed by atoms with Gasteiger partial charge in [-0.05, 0) is 14.0 Å². The molecule has 0 saturated carbocycles. The average molecular weight is 274 g/mol. The molecule has 0 fully saturated rings. The molecule has 1 heterocycles. The van der Waals surface area contributed by atoms with Gasteiger partial charge in [-0.2, -0.15) is 0 Å². The first kappa shape index (κ1) is 15.4. The van der Waals surface area contributed by atoms with E-state index >= 15 is 0 Å². The fourth-order valence-electron chi connectivity index (χ4n) is 1.83. The van der Waals surface area contributed by atoms with Crippen molar-refractivity contribution in [3.63, 3.8) is 0 Å². The third-order valence-corrected chi connectivity index (χ3v) is 3.98. The summed E-state index contributed by atoms with van der Waals surface area (Å²) in [6.07, 6.45) is 0. The van der Waals surface area contributed by atoms with Crippen LogP contribution in [0.2, 0.25) is 0 Å². The van der Waals surface area contributed by atoms with Crippen LogP contribution in [0.1, 0.15) is 12.6 Å². The maximum Gasteiger partial charge on any atom is 0.307 e. The monoisotopic (exact) mass is 274 g/mol. The van der Waals surface area contributed by atoms with Gasteiger partial charge >= 0.3 is 4.87 Å². The Morgan fingerprint density at radius 1 is 1.44 bits per heavy atom. The van der Waals surface area contributed by atoms with Crippen LogP contribution in [0.25, 0.3) is 0 Å². The van der Waals surface area contributed by atoms with E-state index in [0.29, 0.717) is 19.6 Å². The lowest BCUT2D eigenvalue weighted by molar-refractivity contribution is 0.0412. The number of aryl methyl sites for hydroxylation is 1. The summed E-state index contributed by atoms with van der Waals surface area (Å²) in [7, 11) is 1.93. The minimum absolute atomic E-state index is 0.0503. The molecular weight excluding hydrogens is 252 g/mol. The normalized spacial score (nSPS) is 12.3. The highest BCUT2D eigenvalue weighted by atomic mass is 32.1. The topological polar surface area (TPSA) is 65.7 Å². The lowest BCUT2D eigenvalue weighted by atomic mass is 9.92. The highest BCUT2D eigenvalue weighted by Gasteiger charge is 2.24. The largest absolute Gasteiger partial charge is 0.396 e. The van der Waals surface area contributed by atoms with E-state index in [9.17, 15) is 15.0 Å². The number of hydrogen-bond donors (Lipinski definition) is 2. The number of aliphatic hydroxyl groups is 2. The van der Waals surface area contributed by atoms with E-state index in [0.717, 1.165) is 5.69 Å². The number of rotatable bonds is 7. The zero-order chi connectivity index (χ0) is 13.8. The molecule has 0 amide bonds. The van der Waals surface area contributed by atoms with Crippen LogP contribution in [-0.2, 0) is 6.54 Å². The maximum absolute atomic E-state index is 11.5. The molecule has 1 rings (SSSR count). The maximum atomic E-state index is 11.5. The molecule has 0 radical (unpaired) electrons. The van der Waals surface area contributed by atoms with Gasteiger partial charge in [-0.25, -0.2) is 0 Å². The van der Waals surface area contributed by atoms with Crippen molar-refractivity contribution in [1.29, 1.82) is 0 Å². The molecule has 1 aromatic heterocycles. The van der Waals surface area contributed by atoms with Gasteiger partial charge in [0.15, 0.2) is 0 Å². The molecule has 5 nitrogen and oxygen atoms in total. The van der Waals surface area contributed by atoms with E-state index < -0.39 is 5.41 Å². The Morgan fingerprint density at radius 2 is 2.06 bits per heavy atom. The van der Waals surface area contributed by atoms with E-state index in [1.807, 2.05) is 31.2 Å². The Balaban J connectivity index is 2.52. The molecule has 0 bridgehead atoms. The predicted molar refractivity (Wildman–Crippen MR) is 73.1 cm³/mol. The van der Waals surface area contributed by atoms with Crippen molar-refractivity contribution in [2.24, 2.45) is 5.41 Å². The van der Waals surface area contributed by atoms with Crippen LogP contribution in [0.4, 0.5) is 0 Å². The van der Waals surface area contributed by atoms with Crippen LogP contribution >= 0.6 is 11.3 Å². The van der Waals surface area contributed by atoms with Crippen LogP contribution in [0.15, 0.2) is 10.2 Å². The Labute approximate surface area is 111 Å². The summed E-state index contributed by atoms with van der Waals surface area (Å²) in [5, 5.41) is 20.3. The second-order valence-corrected chi connectivity index (χ2v) is 5.98. The van der Waals surface area contributed by atoms with Gasteiger partial charge in [0.1, 0.15) is 0 Å². The first-order valence-electron chi connectivity index (χ1n) is 5.97. The van der Waals surface area contributed by atoms with Gasteiger partial charge in [0.25, 0.3) is 0 Å². The lowest BCUT2D eigenvalue weighted by Crippen LogP contribution is -2.40. The molecule has 1 aromatic rings. The number of thiazole rings is 1. The Morgan fingerprint density at radius 3 is 2.50 bits per heavy atom. The number of aliphatic hydroxyl groups excluding tert-OH is 2. The molecule has 18 heavy (non-hydrogen) atoms. The van der Waals surface area contributed by atoms with Gasteiger partial charge in [-0.3, -0.25) is 4.79 Å². The quantitative estimate of drug-likeness (QED) is 0.742. The molecule has 0 spiro atoms. The van der Waals surface area contributed by atoms with Gasteiger partial charge in [0, 0.05) is 36.1 Å². The third-order valence-electron chi connectivity index (χ3n) is 3.10. The van der Waals surface area contributed by atoms with E-state index in [2.05, 4.69) is 0 Å². The Bertz CT molecular complexity index is 423. The first-order valence-corrected chi connectivity index (χ1v) is 6.85. The van der Waals surface area contributed by atoms with Gasteiger partial charge in [-0.1, -0.05) is 18.3 Å². The minimum atomic E-state index is -0.497. The van der Waals surface area contributed by atoms with Gasteiger partial charge in [0.05, 0.1) is 13.2 Å². The van der Waals surface area contributed by atoms with Crippen LogP contribution in [-0.4, -0.2) is 53.0 Å². The molecule has 0 aliphatic carbocycles. The molecule has 6 heteroatoms. The summed E-state index contributed by atoms with van der Waals surface area (Å²) in [5.74, 6) is 0. The number of likely N-dealkylation sites (N-methyl/N-ethyl adjacent to an activating group) is 1. The van der Waals surface area contributed by atoms with Crippen molar-refractivity contribution in [3.8, 4) is 0 Å². The van der Waals surface area contributed by atoms with E-state index in [4.69, 9.17) is 0 Å². The van der Waals surface area contributed by atoms with Gasteiger partial charge in [-0.15, -0.1) is 0 Å². The van der Waals surface area contributed by atoms with Crippen LogP contribution < -0.4 is 4.87 Å². The molecule has 104 valence electrons. The third kappa shape index (κ3) is 3.91. The van der Waals surface area contributed by atoms with Gasteiger partial charge < -0.3 is 19.7 Å². The summed E-state index contributed by atoms with van der Waals surface area (Å²) < 4.78 is 1.75. The summed E-state index contributed by atoms with van der Waals surface area (Å²) in [5.41, 5.74) is 0.481. The van der Waals surface area contributed by atoms with E-state index in [-0.39, 0.29) is 18.1 Å². The van der Waals surface area contributed by atoms with E-state index in [1.54, 1.807) is 4.57 Å². The van der Waals surface area contributed by atoms with Crippen molar-refractivity contribution in [2.75, 3.05) is 33.4 Å². The van der Waals surface area contributed by atoms with Crippen LogP contribution in [0.3, 0.4) is 0 Å². The van der Waals surface area contributed by atoms with Crippen molar-refractivity contribution in [2.45, 2.75) is 20.4 Å². The molecule has 0 atom stereocenters. The summed E-state index contributed by atoms with van der Waals surface area (Å²) in [6, 6.07) is 0. The summed E-state index contributed by atoms with van der Waals surface area (Å²) >= 11 is 1.21. The van der Waals surface area contributed by atoms with Crippen molar-refractivity contribution < 1.29 is 10.2 Å². The average Bonchev–Trinajstić information content (AvgIpc) is 2.66. The number of aromatic nitrogens is 1. The molecule has 0 unspecified atom stereocenters. The van der Waals surface area contributed by atoms with Gasteiger partial charge in [0.2, 0.25) is 0 Å². The molecule has 0 aromatic carbocycles. The summed E-state index contributed by atoms with van der Waals surface area (Å²) in [6.45, 7) is 5.61. The zero-order valence-electron chi connectivity index (χ0n) is 11.2. The zero-order valence-corrected chi connectivity index (χ0v) is 12.0. The fourth-order valence-corrected chi connectivity index (χ4v) is 2.59. The summed E-state index contributed by atoms with van der Waals surface area (Å²) in [4.78, 5) is 13.6. The lowest BCUT2D eigenvalue weighted by Gasteiger charge is -2.30. The number of nitrogens with zero attached hydrogens (tertiary/aromatic N) is 2. The molecule has 2 N–H and O–H groups in total. The smallest absolute Gasteiger partial charge is 0.307 e. The van der Waals surface area contributed by atoms with Crippen molar-refractivity contribution >= 4 is 11.3 Å². The minimum Gasteiger partial charge on any atom is -0.396 e. The second kappa shape index (κ2) is 6.47. The highest BCUT2D eigenvalue weighted by Crippen LogP contribution is 2.15. The Hall–Kier alpha value is -0.690. The number of hydrogen-bond acceptors (Lipinski definition) is 5. The fraction of sp³-hybridized carbons (Fsp3) is 0.750. The molecule has 0 saturated heterocycles. The SMILES string of the molecule is Cc1csc(=O)n1CCN(C)CC(C)(CO)CO. The predicted octanol–water partition coefficient (Wildman–Crippen LogP) is 0.141. The van der Waals surface area contributed by atoms with Crippen molar-refractivity contribution in [1.82, 2.24) is 9.47 Å². The van der Waals surface area contributed by atoms with Crippen LogP contribution in [0, 0.1) is 12.3 Å². The van der Waals surface area contributed by atoms with Crippen LogP contribution in [0.5, 0.6) is 0 Å². The second-order valence-electron chi connectivity index (χ2n) is 5.16. The van der Waals surface area contributed by atoms with E-state index in [1.165, 1.54) is 11.3 Å².